The first-order chi connectivity index (χ1) is 21.6. The zero-order chi connectivity index (χ0) is 32.6. The van der Waals surface area contributed by atoms with Crippen LogP contribution in [0.1, 0.15) is 82.1 Å². The van der Waals surface area contributed by atoms with Crippen molar-refractivity contribution in [2.75, 3.05) is 6.54 Å². The van der Waals surface area contributed by atoms with Crippen LogP contribution in [0.15, 0.2) is 77.0 Å². The molecule has 3 aromatic rings. The largest absolute Gasteiger partial charge is 0.331 e. The van der Waals surface area contributed by atoms with Crippen LogP contribution in [-0.4, -0.2) is 40.9 Å². The van der Waals surface area contributed by atoms with Gasteiger partial charge >= 0.3 is 11.9 Å². The second kappa shape index (κ2) is 14.8. The van der Waals surface area contributed by atoms with Crippen molar-refractivity contribution >= 4 is 29.0 Å². The summed E-state index contributed by atoms with van der Waals surface area (Å²) in [5, 5.41) is 23.9. The molecule has 2 atom stereocenters. The third-order valence-corrected chi connectivity index (χ3v) is 7.81. The first kappa shape index (κ1) is 33.2. The fraction of sp³-hybridized carbons (Fsp3) is 0.353. The average Bonchev–Trinajstić information content (AvgIpc) is 3.30. The van der Waals surface area contributed by atoms with Crippen molar-refractivity contribution in [2.24, 2.45) is 16.0 Å². The summed E-state index contributed by atoms with van der Waals surface area (Å²) >= 11 is 0. The molecule has 11 nitrogen and oxygen atoms in total. The van der Waals surface area contributed by atoms with Crippen LogP contribution in [0.2, 0.25) is 0 Å². The molecule has 11 heteroatoms. The van der Waals surface area contributed by atoms with E-state index in [1.165, 1.54) is 19.9 Å². The predicted octanol–water partition coefficient (Wildman–Crippen LogP) is 5.96. The number of nitrogens with one attached hydrogen (secondary N) is 1. The van der Waals surface area contributed by atoms with Crippen LogP contribution in [0.5, 0.6) is 0 Å². The number of benzene rings is 3. The number of hydrogen-bond acceptors (Lipinski definition) is 10. The van der Waals surface area contributed by atoms with Gasteiger partial charge in [-0.25, -0.2) is 9.59 Å². The Kier molecular flexibility index (Phi) is 10.9. The van der Waals surface area contributed by atoms with E-state index in [1.54, 1.807) is 12.1 Å². The zero-order valence-electron chi connectivity index (χ0n) is 26.0. The van der Waals surface area contributed by atoms with Crippen LogP contribution in [0, 0.1) is 10.1 Å². The number of non-ortho nitro benzene ring substituents is 1. The molecule has 1 aliphatic rings. The van der Waals surface area contributed by atoms with Crippen LogP contribution in [0.4, 0.5) is 5.69 Å². The van der Waals surface area contributed by atoms with Crippen molar-refractivity contribution in [3.8, 4) is 11.1 Å². The van der Waals surface area contributed by atoms with Gasteiger partial charge in [-0.1, -0.05) is 79.5 Å². The monoisotopic (exact) mass is 613 g/mol. The fourth-order valence-corrected chi connectivity index (χ4v) is 5.75. The second-order valence-corrected chi connectivity index (χ2v) is 11.0. The van der Waals surface area contributed by atoms with Gasteiger partial charge < -0.3 is 20.7 Å². The van der Waals surface area contributed by atoms with E-state index in [0.717, 1.165) is 41.5 Å². The number of carbonyl (C=O) groups excluding carboxylic acids is 2. The highest BCUT2D eigenvalue weighted by molar-refractivity contribution is 6.18. The minimum absolute atomic E-state index is 0.0153. The summed E-state index contributed by atoms with van der Waals surface area (Å²) in [4.78, 5) is 45.2. The number of rotatable bonds is 14. The van der Waals surface area contributed by atoms with Gasteiger partial charge in [-0.15, -0.1) is 0 Å². The van der Waals surface area contributed by atoms with E-state index < -0.39 is 28.4 Å². The van der Waals surface area contributed by atoms with Crippen molar-refractivity contribution < 1.29 is 24.2 Å². The molecular weight excluding hydrogens is 574 g/mol. The summed E-state index contributed by atoms with van der Waals surface area (Å²) in [6, 6.07) is 19.4. The SMILES string of the molecule is CCCCNC1(C(N)CCC)c2cc(/C(C/C(=N\OC(C)=O)c3ccccc3)=N\OC(C)=O)ccc2-c2ccc([N+](=O)[O-])cc21. The smallest absolute Gasteiger partial charge is 0.326 e. The lowest BCUT2D eigenvalue weighted by molar-refractivity contribution is -0.384. The predicted molar refractivity (Wildman–Crippen MR) is 173 cm³/mol. The first-order valence-electron chi connectivity index (χ1n) is 15.1. The van der Waals surface area contributed by atoms with E-state index in [1.807, 2.05) is 48.5 Å². The Hall–Kier alpha value is -4.74. The van der Waals surface area contributed by atoms with Crippen LogP contribution >= 0.6 is 0 Å². The van der Waals surface area contributed by atoms with Crippen LogP contribution in [0.25, 0.3) is 11.1 Å². The minimum atomic E-state index is -0.932. The number of nitro benzene ring substituents is 1. The lowest BCUT2D eigenvalue weighted by Crippen LogP contribution is -2.55. The molecule has 2 unspecified atom stereocenters. The number of oxime groups is 2. The Morgan fingerprint density at radius 3 is 2.07 bits per heavy atom. The quantitative estimate of drug-likeness (QED) is 0.0741. The Morgan fingerprint density at radius 1 is 0.889 bits per heavy atom. The summed E-state index contributed by atoms with van der Waals surface area (Å²) in [6.45, 7) is 7.30. The number of nitrogens with two attached hydrogens (primary N) is 1. The number of nitrogens with zero attached hydrogens (tertiary/aromatic N) is 3. The maximum absolute atomic E-state index is 11.9. The summed E-state index contributed by atoms with van der Waals surface area (Å²) in [7, 11) is 0. The molecule has 0 heterocycles. The minimum Gasteiger partial charge on any atom is -0.326 e. The van der Waals surface area contributed by atoms with E-state index in [4.69, 9.17) is 15.4 Å². The van der Waals surface area contributed by atoms with E-state index in [0.29, 0.717) is 35.5 Å². The molecule has 236 valence electrons. The topological polar surface area (TPSA) is 159 Å². The molecule has 0 saturated heterocycles. The first-order valence-corrected chi connectivity index (χ1v) is 15.1. The van der Waals surface area contributed by atoms with Crippen molar-refractivity contribution in [2.45, 2.75) is 71.4 Å². The summed E-state index contributed by atoms with van der Waals surface area (Å²) in [6.07, 6.45) is 3.35. The molecule has 0 amide bonds. The molecule has 3 aromatic carbocycles. The second-order valence-electron chi connectivity index (χ2n) is 11.0. The average molecular weight is 614 g/mol. The normalized spacial score (nSPS) is 16.5. The van der Waals surface area contributed by atoms with E-state index >= 15 is 0 Å². The molecule has 0 aromatic heterocycles. The molecule has 4 rings (SSSR count). The van der Waals surface area contributed by atoms with Gasteiger partial charge in [0.2, 0.25) is 0 Å². The van der Waals surface area contributed by atoms with Crippen LogP contribution < -0.4 is 11.1 Å². The molecule has 0 spiro atoms. The summed E-state index contributed by atoms with van der Waals surface area (Å²) in [5.41, 5.74) is 11.5. The molecule has 1 aliphatic carbocycles. The van der Waals surface area contributed by atoms with Gasteiger partial charge in [-0.05, 0) is 59.3 Å². The standard InChI is InChI=1S/C34H39N5O6/c1-5-7-18-36-34(33(35)11-6-2)29-19-25(14-16-27(29)28-17-15-26(39(42)43)20-30(28)34)32(38-45-23(4)41)21-31(37-44-22(3)40)24-12-9-8-10-13-24/h8-10,12-17,19-20,33,36H,5-7,11,18,21,35H2,1-4H3/b37-31+,38-32-. The van der Waals surface area contributed by atoms with Gasteiger partial charge in [0.05, 0.1) is 21.9 Å². The summed E-state index contributed by atoms with van der Waals surface area (Å²) < 4.78 is 0. The molecule has 0 fully saturated rings. The molecule has 0 bridgehead atoms. The lowest BCUT2D eigenvalue weighted by Gasteiger charge is -2.39. The third kappa shape index (κ3) is 7.33. The molecule has 0 saturated carbocycles. The van der Waals surface area contributed by atoms with Gasteiger partial charge in [-0.3, -0.25) is 10.1 Å². The Labute approximate surface area is 262 Å². The van der Waals surface area contributed by atoms with E-state index in [-0.39, 0.29) is 12.1 Å². The number of nitro groups is 1. The number of unbranched alkanes of at least 4 members (excludes halogenated alkanes) is 1. The highest BCUT2D eigenvalue weighted by Gasteiger charge is 2.48. The van der Waals surface area contributed by atoms with E-state index in [2.05, 4.69) is 29.5 Å². The Balaban J connectivity index is 1.93. The van der Waals surface area contributed by atoms with Crippen molar-refractivity contribution in [1.82, 2.24) is 5.32 Å². The van der Waals surface area contributed by atoms with Gasteiger partial charge in [-0.2, -0.15) is 0 Å². The molecule has 0 aliphatic heterocycles. The Morgan fingerprint density at radius 2 is 1.49 bits per heavy atom. The maximum atomic E-state index is 11.9. The maximum Gasteiger partial charge on any atom is 0.331 e. The zero-order valence-corrected chi connectivity index (χ0v) is 26.0. The van der Waals surface area contributed by atoms with Crippen LogP contribution in [-0.2, 0) is 24.8 Å². The third-order valence-electron chi connectivity index (χ3n) is 7.81. The van der Waals surface area contributed by atoms with Crippen LogP contribution in [0.3, 0.4) is 0 Å². The van der Waals surface area contributed by atoms with Crippen molar-refractivity contribution in [3.63, 3.8) is 0 Å². The number of hydrogen-bond donors (Lipinski definition) is 2. The number of carbonyl (C=O) groups is 2. The van der Waals surface area contributed by atoms with Gasteiger partial charge in [0, 0.05) is 44.0 Å². The fourth-order valence-electron chi connectivity index (χ4n) is 5.75. The molecule has 45 heavy (non-hydrogen) atoms. The lowest BCUT2D eigenvalue weighted by atomic mass is 9.78. The van der Waals surface area contributed by atoms with Crippen molar-refractivity contribution in [1.29, 1.82) is 0 Å². The molecular formula is C34H39N5O6. The highest BCUT2D eigenvalue weighted by Crippen LogP contribution is 2.51. The van der Waals surface area contributed by atoms with Crippen molar-refractivity contribution in [3.05, 3.63) is 99.1 Å². The molecule has 3 N–H and O–H groups in total. The summed E-state index contributed by atoms with van der Waals surface area (Å²) in [5.74, 6) is -1.19. The van der Waals surface area contributed by atoms with E-state index in [9.17, 15) is 19.7 Å². The Bertz CT molecular complexity index is 1620. The van der Waals surface area contributed by atoms with Gasteiger partial charge in [0.1, 0.15) is 0 Å². The number of fused-ring (bicyclic) bond motifs is 3. The van der Waals surface area contributed by atoms with Gasteiger partial charge in [0.15, 0.2) is 0 Å². The van der Waals surface area contributed by atoms with Gasteiger partial charge in [0.25, 0.3) is 5.69 Å². The molecule has 0 radical (unpaired) electrons. The highest BCUT2D eigenvalue weighted by atomic mass is 16.7.